The van der Waals surface area contributed by atoms with Gasteiger partial charge in [0.1, 0.15) is 5.82 Å². The summed E-state index contributed by atoms with van der Waals surface area (Å²) in [5.41, 5.74) is 7.08. The number of nitrogen functional groups attached to an aromatic ring is 1. The minimum Gasteiger partial charge on any atom is -0.478 e. The Hall–Kier alpha value is -2.36. The Morgan fingerprint density at radius 1 is 1.12 bits per heavy atom. The van der Waals surface area contributed by atoms with Gasteiger partial charge in [0.2, 0.25) is 0 Å². The van der Waals surface area contributed by atoms with E-state index >= 15 is 0 Å². The zero-order valence-electron chi connectivity index (χ0n) is 8.85. The van der Waals surface area contributed by atoms with E-state index in [2.05, 4.69) is 0 Å². The second-order valence-corrected chi connectivity index (χ2v) is 3.62. The van der Waals surface area contributed by atoms with Crippen LogP contribution in [0.3, 0.4) is 0 Å². The summed E-state index contributed by atoms with van der Waals surface area (Å²) in [6.07, 6.45) is 0. The number of halogens is 1. The molecular weight excluding hydrogens is 221 g/mol. The number of rotatable bonds is 2. The maximum absolute atomic E-state index is 13.7. The van der Waals surface area contributed by atoms with Crippen LogP contribution >= 0.6 is 0 Å². The van der Waals surface area contributed by atoms with Crippen LogP contribution in [0.25, 0.3) is 11.1 Å². The Morgan fingerprint density at radius 2 is 1.76 bits per heavy atom. The summed E-state index contributed by atoms with van der Waals surface area (Å²) < 4.78 is 13.7. The van der Waals surface area contributed by atoms with E-state index in [0.717, 1.165) is 6.07 Å². The van der Waals surface area contributed by atoms with Crippen molar-refractivity contribution in [2.24, 2.45) is 0 Å². The van der Waals surface area contributed by atoms with Crippen LogP contribution in [0.2, 0.25) is 0 Å². The van der Waals surface area contributed by atoms with Gasteiger partial charge in [-0.15, -0.1) is 0 Å². The molecule has 0 aliphatic heterocycles. The van der Waals surface area contributed by atoms with E-state index in [1.807, 2.05) is 0 Å². The number of carboxylic acid groups (broad SMARTS) is 1. The van der Waals surface area contributed by atoms with Crippen LogP contribution in [-0.4, -0.2) is 11.1 Å². The number of hydrogen-bond donors (Lipinski definition) is 2. The van der Waals surface area contributed by atoms with Crippen molar-refractivity contribution in [3.8, 4) is 11.1 Å². The van der Waals surface area contributed by atoms with Crippen molar-refractivity contribution in [1.82, 2.24) is 0 Å². The van der Waals surface area contributed by atoms with Gasteiger partial charge < -0.3 is 10.8 Å². The first-order valence-corrected chi connectivity index (χ1v) is 4.96. The van der Waals surface area contributed by atoms with Crippen molar-refractivity contribution in [2.45, 2.75) is 0 Å². The number of hydrogen-bond acceptors (Lipinski definition) is 2. The van der Waals surface area contributed by atoms with Crippen LogP contribution < -0.4 is 5.73 Å². The van der Waals surface area contributed by atoms with Crippen molar-refractivity contribution >= 4 is 11.7 Å². The van der Waals surface area contributed by atoms with Crippen molar-refractivity contribution in [3.05, 3.63) is 53.8 Å². The van der Waals surface area contributed by atoms with Crippen LogP contribution in [0.4, 0.5) is 10.1 Å². The Bertz CT molecular complexity index is 564. The predicted octanol–water partition coefficient (Wildman–Crippen LogP) is 2.77. The third-order valence-corrected chi connectivity index (χ3v) is 2.44. The van der Waals surface area contributed by atoms with Crippen molar-refractivity contribution < 1.29 is 14.3 Å². The lowest BCUT2D eigenvalue weighted by Gasteiger charge is -2.05. The minimum absolute atomic E-state index is 0.0679. The maximum Gasteiger partial charge on any atom is 0.335 e. The molecular formula is C13H10FNO2. The van der Waals surface area contributed by atoms with Crippen molar-refractivity contribution in [3.63, 3.8) is 0 Å². The molecule has 2 aromatic carbocycles. The highest BCUT2D eigenvalue weighted by Crippen LogP contribution is 2.24. The van der Waals surface area contributed by atoms with Gasteiger partial charge in [0.25, 0.3) is 0 Å². The first-order chi connectivity index (χ1) is 8.08. The lowest BCUT2D eigenvalue weighted by molar-refractivity contribution is 0.0696. The number of benzene rings is 2. The third kappa shape index (κ3) is 2.25. The van der Waals surface area contributed by atoms with Gasteiger partial charge in [-0.05, 0) is 29.8 Å². The van der Waals surface area contributed by atoms with Gasteiger partial charge in [-0.2, -0.15) is 0 Å². The molecule has 0 atom stereocenters. The van der Waals surface area contributed by atoms with E-state index in [4.69, 9.17) is 10.8 Å². The highest BCUT2D eigenvalue weighted by molar-refractivity contribution is 5.88. The molecule has 0 aliphatic carbocycles. The summed E-state index contributed by atoms with van der Waals surface area (Å²) in [5.74, 6) is -1.71. The second-order valence-electron chi connectivity index (χ2n) is 3.62. The second kappa shape index (κ2) is 4.25. The SMILES string of the molecule is Nc1ccc(-c2ccc(C(=O)O)cc2F)cc1. The monoisotopic (exact) mass is 231 g/mol. The molecule has 2 rings (SSSR count). The van der Waals surface area contributed by atoms with Crippen molar-refractivity contribution in [1.29, 1.82) is 0 Å². The lowest BCUT2D eigenvalue weighted by Crippen LogP contribution is -1.97. The van der Waals surface area contributed by atoms with Gasteiger partial charge in [0, 0.05) is 11.3 Å². The zero-order chi connectivity index (χ0) is 12.4. The molecule has 0 saturated heterocycles. The molecule has 0 aliphatic rings. The van der Waals surface area contributed by atoms with Gasteiger partial charge >= 0.3 is 5.97 Å². The summed E-state index contributed by atoms with van der Waals surface area (Å²) in [7, 11) is 0. The molecule has 0 radical (unpaired) electrons. The molecule has 2 aromatic rings. The number of anilines is 1. The number of nitrogens with two attached hydrogens (primary N) is 1. The summed E-state index contributed by atoms with van der Waals surface area (Å²) >= 11 is 0. The van der Waals surface area contributed by atoms with Gasteiger partial charge in [0.15, 0.2) is 0 Å². The molecule has 3 N–H and O–H groups in total. The molecule has 0 unspecified atom stereocenters. The van der Waals surface area contributed by atoms with E-state index < -0.39 is 11.8 Å². The smallest absolute Gasteiger partial charge is 0.335 e. The van der Waals surface area contributed by atoms with Gasteiger partial charge in [-0.1, -0.05) is 18.2 Å². The van der Waals surface area contributed by atoms with E-state index in [0.29, 0.717) is 16.8 Å². The Balaban J connectivity index is 2.46. The van der Waals surface area contributed by atoms with Crippen LogP contribution in [0, 0.1) is 5.82 Å². The molecule has 0 bridgehead atoms. The highest BCUT2D eigenvalue weighted by Gasteiger charge is 2.09. The molecule has 3 nitrogen and oxygen atoms in total. The average Bonchev–Trinajstić information content (AvgIpc) is 2.30. The van der Waals surface area contributed by atoms with Crippen LogP contribution in [0.1, 0.15) is 10.4 Å². The number of aromatic carboxylic acids is 1. The molecule has 0 heterocycles. The largest absolute Gasteiger partial charge is 0.478 e. The topological polar surface area (TPSA) is 63.3 Å². The Kier molecular flexibility index (Phi) is 2.78. The van der Waals surface area contributed by atoms with Gasteiger partial charge in [-0.3, -0.25) is 0 Å². The van der Waals surface area contributed by atoms with E-state index in [1.165, 1.54) is 12.1 Å². The van der Waals surface area contributed by atoms with E-state index in [1.54, 1.807) is 24.3 Å². The molecule has 0 fully saturated rings. The number of carboxylic acids is 1. The summed E-state index contributed by atoms with van der Waals surface area (Å²) in [6.45, 7) is 0. The standard InChI is InChI=1S/C13H10FNO2/c14-12-7-9(13(16)17)3-6-11(12)8-1-4-10(15)5-2-8/h1-7H,15H2,(H,16,17). The zero-order valence-corrected chi connectivity index (χ0v) is 8.85. The first kappa shape index (κ1) is 11.1. The molecule has 0 aromatic heterocycles. The average molecular weight is 231 g/mol. The Morgan fingerprint density at radius 3 is 2.29 bits per heavy atom. The van der Waals surface area contributed by atoms with E-state index in [9.17, 15) is 9.18 Å². The van der Waals surface area contributed by atoms with Gasteiger partial charge in [-0.25, -0.2) is 9.18 Å². The molecule has 17 heavy (non-hydrogen) atoms. The van der Waals surface area contributed by atoms with Crippen LogP contribution in [0.5, 0.6) is 0 Å². The Labute approximate surface area is 97.3 Å². The fourth-order valence-electron chi connectivity index (χ4n) is 1.54. The summed E-state index contributed by atoms with van der Waals surface area (Å²) in [4.78, 5) is 10.7. The molecule has 0 saturated carbocycles. The predicted molar refractivity (Wildman–Crippen MR) is 63.2 cm³/mol. The quantitative estimate of drug-likeness (QED) is 0.781. The van der Waals surface area contributed by atoms with Crippen LogP contribution in [0.15, 0.2) is 42.5 Å². The van der Waals surface area contributed by atoms with Crippen LogP contribution in [-0.2, 0) is 0 Å². The van der Waals surface area contributed by atoms with Crippen molar-refractivity contribution in [2.75, 3.05) is 5.73 Å². The summed E-state index contributed by atoms with van der Waals surface area (Å²) in [6, 6.07) is 10.5. The number of carbonyl (C=O) groups is 1. The summed E-state index contributed by atoms with van der Waals surface area (Å²) in [5, 5.41) is 8.72. The molecule has 0 spiro atoms. The lowest BCUT2D eigenvalue weighted by atomic mass is 10.0. The molecule has 0 amide bonds. The van der Waals surface area contributed by atoms with Gasteiger partial charge in [0.05, 0.1) is 5.56 Å². The first-order valence-electron chi connectivity index (χ1n) is 4.96. The van der Waals surface area contributed by atoms with E-state index in [-0.39, 0.29) is 5.56 Å². The molecule has 86 valence electrons. The molecule has 4 heteroatoms. The normalized spacial score (nSPS) is 10.2. The fourth-order valence-corrected chi connectivity index (χ4v) is 1.54. The third-order valence-electron chi connectivity index (χ3n) is 2.44. The fraction of sp³-hybridized carbons (Fsp3) is 0. The highest BCUT2D eigenvalue weighted by atomic mass is 19.1. The maximum atomic E-state index is 13.7. The minimum atomic E-state index is -1.15.